The van der Waals surface area contributed by atoms with Crippen LogP contribution in [0, 0.1) is 0 Å². The largest absolute Gasteiger partial charge is 0.325 e. The Morgan fingerprint density at radius 3 is 2.68 bits per heavy atom. The lowest BCUT2D eigenvalue weighted by molar-refractivity contribution is -0.763. The van der Waals surface area contributed by atoms with Gasteiger partial charge in [0.1, 0.15) is 0 Å². The number of aromatic amines is 1. The fourth-order valence-corrected chi connectivity index (χ4v) is 4.07. The molecule has 0 unspecified atom stereocenters. The van der Waals surface area contributed by atoms with Gasteiger partial charge in [0.15, 0.2) is 0 Å². The number of thioether (sulfide) groups is 1. The Bertz CT molecular complexity index is 1130. The predicted molar refractivity (Wildman–Crippen MR) is 110 cm³/mol. The zero-order chi connectivity index (χ0) is 19.8. The van der Waals surface area contributed by atoms with Crippen LogP contribution in [-0.4, -0.2) is 22.2 Å². The van der Waals surface area contributed by atoms with E-state index in [4.69, 9.17) is 11.6 Å². The van der Waals surface area contributed by atoms with Crippen molar-refractivity contribution in [3.8, 4) is 11.3 Å². The SMILES string of the molecule is CCC(=O)N1c2ccccc2-c2c(=O)[nH]c(SC)n[n+]2[C@@H]1c1ccccc1Cl. The van der Waals surface area contributed by atoms with Gasteiger partial charge in [0.2, 0.25) is 11.1 Å². The quantitative estimate of drug-likeness (QED) is 0.527. The first-order chi connectivity index (χ1) is 13.6. The summed E-state index contributed by atoms with van der Waals surface area (Å²) in [6, 6.07) is 14.7. The Balaban J connectivity index is 2.12. The van der Waals surface area contributed by atoms with Crippen LogP contribution in [-0.2, 0) is 4.79 Å². The minimum absolute atomic E-state index is 0.0803. The number of anilines is 1. The first kappa shape index (κ1) is 18.7. The summed E-state index contributed by atoms with van der Waals surface area (Å²) >= 11 is 7.84. The maximum atomic E-state index is 13.0. The van der Waals surface area contributed by atoms with Gasteiger partial charge in [-0.1, -0.05) is 54.6 Å². The maximum Gasteiger partial charge on any atom is 0.325 e. The van der Waals surface area contributed by atoms with Gasteiger partial charge < -0.3 is 0 Å². The zero-order valence-electron chi connectivity index (χ0n) is 15.3. The van der Waals surface area contributed by atoms with Crippen LogP contribution in [0.5, 0.6) is 0 Å². The lowest BCUT2D eigenvalue weighted by Gasteiger charge is -2.32. The van der Waals surface area contributed by atoms with Crippen molar-refractivity contribution in [1.29, 1.82) is 0 Å². The van der Waals surface area contributed by atoms with E-state index in [0.29, 0.717) is 39.1 Å². The van der Waals surface area contributed by atoms with Gasteiger partial charge in [-0.05, 0) is 35.2 Å². The van der Waals surface area contributed by atoms with E-state index in [9.17, 15) is 9.59 Å². The van der Waals surface area contributed by atoms with Gasteiger partial charge in [0.05, 0.1) is 21.8 Å². The Morgan fingerprint density at radius 2 is 1.96 bits per heavy atom. The van der Waals surface area contributed by atoms with Gasteiger partial charge in [-0.3, -0.25) is 14.6 Å². The summed E-state index contributed by atoms with van der Waals surface area (Å²) in [6.45, 7) is 1.81. The van der Waals surface area contributed by atoms with E-state index in [1.54, 1.807) is 15.6 Å². The fourth-order valence-electron chi connectivity index (χ4n) is 3.47. The Labute approximate surface area is 171 Å². The summed E-state index contributed by atoms with van der Waals surface area (Å²) in [7, 11) is 0. The van der Waals surface area contributed by atoms with Crippen molar-refractivity contribution in [1.82, 2.24) is 10.1 Å². The van der Waals surface area contributed by atoms with Crippen molar-refractivity contribution in [2.45, 2.75) is 24.7 Å². The van der Waals surface area contributed by atoms with E-state index >= 15 is 0 Å². The average molecular weight is 414 g/mol. The summed E-state index contributed by atoms with van der Waals surface area (Å²) in [5, 5.41) is 5.60. The number of fused-ring (bicyclic) bond motifs is 3. The molecule has 28 heavy (non-hydrogen) atoms. The monoisotopic (exact) mass is 413 g/mol. The van der Waals surface area contributed by atoms with E-state index in [1.807, 2.05) is 55.6 Å². The second-order valence-corrected chi connectivity index (χ2v) is 7.49. The van der Waals surface area contributed by atoms with Crippen LogP contribution >= 0.6 is 23.4 Å². The molecule has 1 aliphatic rings. The van der Waals surface area contributed by atoms with Crippen molar-refractivity contribution in [3.63, 3.8) is 0 Å². The standard InChI is InChI=1S/C20H17ClN4O2S/c1-3-16(26)24-15-11-7-5-9-13(15)17-18(27)22-20(28-2)23-25(17)19(24)12-8-4-6-10-14(12)21/h4-11,19H,3H2,1-2H3/p+1/t19-/m1/s1. The van der Waals surface area contributed by atoms with Gasteiger partial charge >= 0.3 is 11.3 Å². The third-order valence-corrected chi connectivity index (χ3v) is 5.62. The minimum Gasteiger partial charge on any atom is -0.291 e. The second-order valence-electron chi connectivity index (χ2n) is 6.29. The van der Waals surface area contributed by atoms with Gasteiger partial charge in [-0.15, -0.1) is 0 Å². The molecule has 4 rings (SSSR count). The van der Waals surface area contributed by atoms with Crippen LogP contribution in [0.15, 0.2) is 58.5 Å². The smallest absolute Gasteiger partial charge is 0.291 e. The van der Waals surface area contributed by atoms with Crippen LogP contribution in [0.3, 0.4) is 0 Å². The number of hydrogen-bond acceptors (Lipinski definition) is 4. The number of amides is 1. The van der Waals surface area contributed by atoms with Crippen molar-refractivity contribution in [2.75, 3.05) is 11.2 Å². The molecule has 0 saturated heterocycles. The summed E-state index contributed by atoms with van der Waals surface area (Å²) in [5.41, 5.74) is 2.18. The molecule has 0 fully saturated rings. The number of carbonyl (C=O) groups excluding carboxylic acids is 1. The molecule has 0 spiro atoms. The number of nitrogens with zero attached hydrogens (tertiary/aromatic N) is 3. The summed E-state index contributed by atoms with van der Waals surface area (Å²) < 4.78 is 1.61. The molecule has 0 saturated carbocycles. The molecule has 1 N–H and O–H groups in total. The molecule has 1 amide bonds. The van der Waals surface area contributed by atoms with E-state index in [2.05, 4.69) is 10.1 Å². The molecule has 0 aliphatic carbocycles. The van der Waals surface area contributed by atoms with Crippen LogP contribution in [0.1, 0.15) is 25.1 Å². The highest BCUT2D eigenvalue weighted by Gasteiger charge is 2.45. The zero-order valence-corrected chi connectivity index (χ0v) is 16.9. The Hall–Kier alpha value is -2.64. The Morgan fingerprint density at radius 1 is 1.25 bits per heavy atom. The lowest BCUT2D eigenvalue weighted by atomic mass is 10.0. The highest BCUT2D eigenvalue weighted by atomic mass is 35.5. The van der Waals surface area contributed by atoms with E-state index < -0.39 is 6.17 Å². The minimum atomic E-state index is -0.653. The summed E-state index contributed by atoms with van der Waals surface area (Å²) in [4.78, 5) is 30.5. The number of H-pyrrole nitrogens is 1. The highest BCUT2D eigenvalue weighted by Crippen LogP contribution is 2.39. The summed E-state index contributed by atoms with van der Waals surface area (Å²) in [5.74, 6) is -0.0803. The van der Waals surface area contributed by atoms with Gasteiger partial charge in [-0.2, -0.15) is 0 Å². The molecule has 1 atom stereocenters. The normalized spacial score (nSPS) is 15.1. The summed E-state index contributed by atoms with van der Waals surface area (Å²) in [6.07, 6.45) is 1.49. The molecule has 8 heteroatoms. The molecule has 3 aromatic rings. The van der Waals surface area contributed by atoms with E-state index in [1.165, 1.54) is 11.8 Å². The Kier molecular flexibility index (Phi) is 4.95. The topological polar surface area (TPSA) is 69.9 Å². The van der Waals surface area contributed by atoms with Crippen LogP contribution in [0.2, 0.25) is 5.02 Å². The number of para-hydroxylation sites is 1. The highest BCUT2D eigenvalue weighted by molar-refractivity contribution is 7.98. The number of aromatic nitrogens is 3. The number of halogens is 1. The molecule has 0 radical (unpaired) electrons. The van der Waals surface area contributed by atoms with Gasteiger partial charge in [0, 0.05) is 11.5 Å². The lowest BCUT2D eigenvalue weighted by Crippen LogP contribution is -2.61. The maximum absolute atomic E-state index is 13.0. The number of carbonyl (C=O) groups is 1. The first-order valence-corrected chi connectivity index (χ1v) is 10.4. The van der Waals surface area contributed by atoms with Gasteiger partial charge in [-0.25, -0.2) is 4.90 Å². The third-order valence-electron chi connectivity index (χ3n) is 4.71. The van der Waals surface area contributed by atoms with Crippen LogP contribution < -0.4 is 15.1 Å². The van der Waals surface area contributed by atoms with Crippen molar-refractivity contribution < 1.29 is 9.48 Å². The van der Waals surface area contributed by atoms with Crippen LogP contribution in [0.25, 0.3) is 11.3 Å². The van der Waals surface area contributed by atoms with Crippen molar-refractivity contribution >= 4 is 35.0 Å². The first-order valence-electron chi connectivity index (χ1n) is 8.82. The molecule has 0 bridgehead atoms. The number of benzene rings is 2. The fraction of sp³-hybridized carbons (Fsp3) is 0.200. The van der Waals surface area contributed by atoms with Crippen LogP contribution in [0.4, 0.5) is 5.69 Å². The van der Waals surface area contributed by atoms with Crippen molar-refractivity contribution in [2.24, 2.45) is 0 Å². The molecule has 2 aromatic carbocycles. The van der Waals surface area contributed by atoms with E-state index in [-0.39, 0.29) is 11.5 Å². The van der Waals surface area contributed by atoms with Gasteiger partial charge in [0.25, 0.3) is 6.17 Å². The number of rotatable bonds is 3. The van der Waals surface area contributed by atoms with Crippen molar-refractivity contribution in [3.05, 3.63) is 69.5 Å². The molecule has 2 heterocycles. The predicted octanol–water partition coefficient (Wildman–Crippen LogP) is 3.40. The molecule has 1 aromatic heterocycles. The average Bonchev–Trinajstić information content (AvgIpc) is 2.72. The molecular formula is C20H18ClN4O2S+. The molecule has 1 aliphatic heterocycles. The molecule has 142 valence electrons. The molecular weight excluding hydrogens is 396 g/mol. The number of hydrogen-bond donors (Lipinski definition) is 1. The molecule has 6 nitrogen and oxygen atoms in total. The third kappa shape index (κ3) is 2.91. The van der Waals surface area contributed by atoms with E-state index in [0.717, 1.165) is 0 Å². The second kappa shape index (κ2) is 7.41. The number of nitrogens with one attached hydrogen (secondary N) is 1.